The van der Waals surface area contributed by atoms with Gasteiger partial charge < -0.3 is 14.4 Å². The number of carbonyl (C=O) groups excluding carboxylic acids is 1. The summed E-state index contributed by atoms with van der Waals surface area (Å²) in [5, 5.41) is 0. The minimum atomic E-state index is -0.0939. The van der Waals surface area contributed by atoms with E-state index in [1.165, 1.54) is 0 Å². The maximum Gasteiger partial charge on any atom is 0.255 e. The van der Waals surface area contributed by atoms with E-state index in [0.29, 0.717) is 23.6 Å². The van der Waals surface area contributed by atoms with Gasteiger partial charge in [-0.25, -0.2) is 0 Å². The van der Waals surface area contributed by atoms with Gasteiger partial charge in [0.2, 0.25) is 0 Å². The molecule has 0 saturated heterocycles. The summed E-state index contributed by atoms with van der Waals surface area (Å²) >= 11 is 3.32. The molecule has 0 radical (unpaired) electrons. The Morgan fingerprint density at radius 2 is 1.91 bits per heavy atom. The molecule has 2 aromatic rings. The molecule has 22 heavy (non-hydrogen) atoms. The van der Waals surface area contributed by atoms with Crippen molar-refractivity contribution >= 4 is 21.8 Å². The molecule has 0 aliphatic carbocycles. The second-order valence-electron chi connectivity index (χ2n) is 4.74. The number of hydrogen-bond donors (Lipinski definition) is 0. The summed E-state index contributed by atoms with van der Waals surface area (Å²) in [7, 11) is 4.93. The number of aromatic nitrogens is 1. The van der Waals surface area contributed by atoms with Crippen molar-refractivity contribution in [2.75, 3.05) is 21.3 Å². The fourth-order valence-electron chi connectivity index (χ4n) is 2.07. The largest absolute Gasteiger partial charge is 0.493 e. The Labute approximate surface area is 138 Å². The standard InChI is InChI=1S/C16H17BrN2O3/c1-19(16(20)12-7-13(17)9-18-8-12)10-11-4-5-14(21-2)15(6-11)22-3/h4-9H,10H2,1-3H3. The molecule has 0 atom stereocenters. The van der Waals surface area contributed by atoms with E-state index in [0.717, 1.165) is 10.0 Å². The van der Waals surface area contributed by atoms with E-state index >= 15 is 0 Å². The highest BCUT2D eigenvalue weighted by atomic mass is 79.9. The van der Waals surface area contributed by atoms with Crippen LogP contribution in [0.25, 0.3) is 0 Å². The number of methoxy groups -OCH3 is 2. The second-order valence-corrected chi connectivity index (χ2v) is 5.66. The maximum atomic E-state index is 12.4. The summed E-state index contributed by atoms with van der Waals surface area (Å²) < 4.78 is 11.3. The summed E-state index contributed by atoms with van der Waals surface area (Å²) in [6.45, 7) is 0.464. The summed E-state index contributed by atoms with van der Waals surface area (Å²) in [5.41, 5.74) is 1.49. The molecule has 116 valence electrons. The third kappa shape index (κ3) is 3.76. The molecular weight excluding hydrogens is 348 g/mol. The van der Waals surface area contributed by atoms with Crippen LogP contribution in [0.5, 0.6) is 11.5 Å². The van der Waals surface area contributed by atoms with Crippen LogP contribution in [0.1, 0.15) is 15.9 Å². The van der Waals surface area contributed by atoms with Crippen LogP contribution in [0.2, 0.25) is 0 Å². The van der Waals surface area contributed by atoms with Crippen molar-refractivity contribution in [3.05, 3.63) is 52.3 Å². The number of benzene rings is 1. The van der Waals surface area contributed by atoms with Gasteiger partial charge in [-0.1, -0.05) is 6.07 Å². The summed E-state index contributed by atoms with van der Waals surface area (Å²) in [6, 6.07) is 7.35. The van der Waals surface area contributed by atoms with Crippen LogP contribution >= 0.6 is 15.9 Å². The summed E-state index contributed by atoms with van der Waals surface area (Å²) in [6.07, 6.45) is 3.20. The SMILES string of the molecule is COc1ccc(CN(C)C(=O)c2cncc(Br)c2)cc1OC. The molecular formula is C16H17BrN2O3. The van der Waals surface area contributed by atoms with Crippen LogP contribution in [0, 0.1) is 0 Å². The highest BCUT2D eigenvalue weighted by Gasteiger charge is 2.14. The Kier molecular flexibility index (Phi) is 5.38. The molecule has 0 saturated carbocycles. The van der Waals surface area contributed by atoms with Gasteiger partial charge in [-0.15, -0.1) is 0 Å². The van der Waals surface area contributed by atoms with E-state index in [1.807, 2.05) is 18.2 Å². The zero-order chi connectivity index (χ0) is 16.1. The lowest BCUT2D eigenvalue weighted by atomic mass is 10.1. The molecule has 0 aliphatic heterocycles. The number of pyridine rings is 1. The van der Waals surface area contributed by atoms with Gasteiger partial charge in [0.1, 0.15) is 0 Å². The second kappa shape index (κ2) is 7.26. The van der Waals surface area contributed by atoms with Crippen molar-refractivity contribution in [1.29, 1.82) is 0 Å². The Hall–Kier alpha value is -2.08. The lowest BCUT2D eigenvalue weighted by Gasteiger charge is -2.18. The third-order valence-corrected chi connectivity index (χ3v) is 3.60. The molecule has 1 amide bonds. The van der Waals surface area contributed by atoms with Gasteiger partial charge in [0.15, 0.2) is 11.5 Å². The van der Waals surface area contributed by atoms with Crippen molar-refractivity contribution in [1.82, 2.24) is 9.88 Å². The lowest BCUT2D eigenvalue weighted by Crippen LogP contribution is -2.26. The van der Waals surface area contributed by atoms with Crippen LogP contribution in [0.4, 0.5) is 0 Å². The fourth-order valence-corrected chi connectivity index (χ4v) is 2.44. The highest BCUT2D eigenvalue weighted by Crippen LogP contribution is 2.28. The molecule has 0 fully saturated rings. The first-order valence-electron chi connectivity index (χ1n) is 6.62. The highest BCUT2D eigenvalue weighted by molar-refractivity contribution is 9.10. The van der Waals surface area contributed by atoms with E-state index in [9.17, 15) is 4.79 Å². The molecule has 0 unspecified atom stereocenters. The number of nitrogens with zero attached hydrogens (tertiary/aromatic N) is 2. The van der Waals surface area contributed by atoms with Crippen LogP contribution < -0.4 is 9.47 Å². The number of halogens is 1. The predicted molar refractivity (Wildman–Crippen MR) is 87.3 cm³/mol. The summed E-state index contributed by atoms with van der Waals surface area (Å²) in [5.74, 6) is 1.21. The van der Waals surface area contributed by atoms with Crippen molar-refractivity contribution < 1.29 is 14.3 Å². The minimum absolute atomic E-state index is 0.0939. The molecule has 1 heterocycles. The first-order chi connectivity index (χ1) is 10.5. The molecule has 5 nitrogen and oxygen atoms in total. The zero-order valence-electron chi connectivity index (χ0n) is 12.7. The van der Waals surface area contributed by atoms with Gasteiger partial charge in [-0.2, -0.15) is 0 Å². The first-order valence-corrected chi connectivity index (χ1v) is 7.41. The maximum absolute atomic E-state index is 12.4. The van der Waals surface area contributed by atoms with Crippen molar-refractivity contribution in [3.8, 4) is 11.5 Å². The lowest BCUT2D eigenvalue weighted by molar-refractivity contribution is 0.0784. The fraction of sp³-hybridized carbons (Fsp3) is 0.250. The van der Waals surface area contributed by atoms with Gasteiger partial charge in [0.05, 0.1) is 19.8 Å². The molecule has 0 spiro atoms. The van der Waals surface area contributed by atoms with Gasteiger partial charge >= 0.3 is 0 Å². The van der Waals surface area contributed by atoms with Gasteiger partial charge in [0, 0.05) is 30.5 Å². The quantitative estimate of drug-likeness (QED) is 0.817. The van der Waals surface area contributed by atoms with E-state index < -0.39 is 0 Å². The van der Waals surface area contributed by atoms with E-state index in [2.05, 4.69) is 20.9 Å². The smallest absolute Gasteiger partial charge is 0.255 e. The van der Waals surface area contributed by atoms with Crippen molar-refractivity contribution in [2.24, 2.45) is 0 Å². The molecule has 0 bridgehead atoms. The zero-order valence-corrected chi connectivity index (χ0v) is 14.3. The minimum Gasteiger partial charge on any atom is -0.493 e. The summed E-state index contributed by atoms with van der Waals surface area (Å²) in [4.78, 5) is 18.0. The predicted octanol–water partition coefficient (Wildman–Crippen LogP) is 3.13. The Morgan fingerprint density at radius 3 is 2.55 bits per heavy atom. The molecule has 1 aromatic heterocycles. The van der Waals surface area contributed by atoms with Crippen LogP contribution in [-0.4, -0.2) is 37.1 Å². The number of rotatable bonds is 5. The first kappa shape index (κ1) is 16.3. The Balaban J connectivity index is 2.14. The van der Waals surface area contributed by atoms with Gasteiger partial charge in [-0.05, 0) is 39.7 Å². The Bertz CT molecular complexity index is 676. The molecule has 2 rings (SSSR count). The average molecular weight is 365 g/mol. The molecule has 6 heteroatoms. The van der Waals surface area contributed by atoms with Crippen LogP contribution in [0.15, 0.2) is 41.1 Å². The van der Waals surface area contributed by atoms with E-state index in [-0.39, 0.29) is 5.91 Å². The third-order valence-electron chi connectivity index (χ3n) is 3.17. The van der Waals surface area contributed by atoms with Crippen LogP contribution in [-0.2, 0) is 6.54 Å². The number of carbonyl (C=O) groups is 1. The number of hydrogen-bond acceptors (Lipinski definition) is 4. The molecule has 0 N–H and O–H groups in total. The van der Waals surface area contributed by atoms with Crippen molar-refractivity contribution in [2.45, 2.75) is 6.54 Å². The number of amides is 1. The molecule has 1 aromatic carbocycles. The Morgan fingerprint density at radius 1 is 1.18 bits per heavy atom. The number of ether oxygens (including phenoxy) is 2. The molecule has 0 aliphatic rings. The van der Waals surface area contributed by atoms with E-state index in [1.54, 1.807) is 44.6 Å². The van der Waals surface area contributed by atoms with Gasteiger partial charge in [0.25, 0.3) is 5.91 Å². The van der Waals surface area contributed by atoms with E-state index in [4.69, 9.17) is 9.47 Å². The monoisotopic (exact) mass is 364 g/mol. The van der Waals surface area contributed by atoms with Crippen molar-refractivity contribution in [3.63, 3.8) is 0 Å². The average Bonchev–Trinajstić information content (AvgIpc) is 2.53. The topological polar surface area (TPSA) is 51.7 Å². The van der Waals surface area contributed by atoms with Gasteiger partial charge in [-0.3, -0.25) is 9.78 Å². The van der Waals surface area contributed by atoms with Crippen LogP contribution in [0.3, 0.4) is 0 Å². The normalized spacial score (nSPS) is 10.2.